The second kappa shape index (κ2) is 8.01. The Labute approximate surface area is 161 Å². The number of hydrogen-bond donors (Lipinski definition) is 1. The molecule has 3 aromatic carbocycles. The van der Waals surface area contributed by atoms with Gasteiger partial charge in [-0.3, -0.25) is 9.78 Å². The molecule has 132 valence electrons. The molecular weight excluding hydrogens is 354 g/mol. The molecule has 0 bridgehead atoms. The number of amides is 1. The first-order valence-electron chi connectivity index (χ1n) is 8.57. The highest BCUT2D eigenvalue weighted by molar-refractivity contribution is 8.00. The van der Waals surface area contributed by atoms with Crippen LogP contribution in [-0.4, -0.2) is 22.9 Å². The summed E-state index contributed by atoms with van der Waals surface area (Å²) in [5.41, 5.74) is 4.45. The number of carbonyl (C=O) groups excluding carboxylic acids is 1. The zero-order chi connectivity index (χ0) is 18.5. The molecule has 0 unspecified atom stereocenters. The lowest BCUT2D eigenvalue weighted by Crippen LogP contribution is -2.19. The lowest BCUT2D eigenvalue weighted by Gasteiger charge is -2.04. The van der Waals surface area contributed by atoms with E-state index in [1.165, 1.54) is 17.1 Å². The molecule has 1 aromatic heterocycles. The highest BCUT2D eigenvalue weighted by atomic mass is 32.2. The van der Waals surface area contributed by atoms with Gasteiger partial charge in [0.2, 0.25) is 5.91 Å². The van der Waals surface area contributed by atoms with E-state index in [4.69, 9.17) is 0 Å². The Kier molecular flexibility index (Phi) is 5.12. The number of aromatic nitrogens is 1. The van der Waals surface area contributed by atoms with E-state index in [9.17, 15) is 4.79 Å². The summed E-state index contributed by atoms with van der Waals surface area (Å²) in [6.07, 6.45) is 3.43. The van der Waals surface area contributed by atoms with Crippen molar-refractivity contribution in [3.8, 4) is 0 Å². The van der Waals surface area contributed by atoms with E-state index in [2.05, 4.69) is 27.6 Å². The molecular formula is C22H17N3OS. The number of thioether (sulfide) groups is 1. The van der Waals surface area contributed by atoms with Crippen LogP contribution in [0, 0.1) is 0 Å². The van der Waals surface area contributed by atoms with E-state index in [0.717, 1.165) is 26.7 Å². The Morgan fingerprint density at radius 2 is 1.78 bits per heavy atom. The van der Waals surface area contributed by atoms with E-state index in [1.54, 1.807) is 12.4 Å². The van der Waals surface area contributed by atoms with Crippen molar-refractivity contribution in [1.29, 1.82) is 0 Å². The number of hydrazone groups is 1. The molecule has 0 fully saturated rings. The molecule has 4 aromatic rings. The summed E-state index contributed by atoms with van der Waals surface area (Å²) in [5, 5.41) is 7.46. The number of pyridine rings is 1. The first-order chi connectivity index (χ1) is 13.3. The largest absolute Gasteiger partial charge is 0.272 e. The Morgan fingerprint density at radius 3 is 2.70 bits per heavy atom. The van der Waals surface area contributed by atoms with Gasteiger partial charge in [-0.05, 0) is 34.5 Å². The SMILES string of the molecule is O=C(CSc1cccc2cccnc12)N/N=C\c1ccc2ccccc2c1. The first-order valence-corrected chi connectivity index (χ1v) is 9.55. The summed E-state index contributed by atoms with van der Waals surface area (Å²) in [6.45, 7) is 0. The van der Waals surface area contributed by atoms with Crippen LogP contribution in [0.4, 0.5) is 0 Å². The summed E-state index contributed by atoms with van der Waals surface area (Å²) < 4.78 is 0. The van der Waals surface area contributed by atoms with Gasteiger partial charge in [0.15, 0.2) is 0 Å². The van der Waals surface area contributed by atoms with Gasteiger partial charge in [0.1, 0.15) is 0 Å². The van der Waals surface area contributed by atoms with Gasteiger partial charge in [0, 0.05) is 16.5 Å². The third-order valence-corrected chi connectivity index (χ3v) is 5.18. The molecule has 1 amide bonds. The number of carbonyl (C=O) groups is 1. The number of para-hydroxylation sites is 1. The predicted molar refractivity (Wildman–Crippen MR) is 112 cm³/mol. The monoisotopic (exact) mass is 371 g/mol. The van der Waals surface area contributed by atoms with Gasteiger partial charge in [-0.1, -0.05) is 54.6 Å². The molecule has 1 N–H and O–H groups in total. The lowest BCUT2D eigenvalue weighted by molar-refractivity contribution is -0.118. The normalized spacial score (nSPS) is 11.3. The number of fused-ring (bicyclic) bond motifs is 2. The van der Waals surface area contributed by atoms with Gasteiger partial charge >= 0.3 is 0 Å². The van der Waals surface area contributed by atoms with Crippen molar-refractivity contribution < 1.29 is 4.79 Å². The van der Waals surface area contributed by atoms with Crippen molar-refractivity contribution in [2.45, 2.75) is 4.90 Å². The average molecular weight is 371 g/mol. The lowest BCUT2D eigenvalue weighted by atomic mass is 10.1. The topological polar surface area (TPSA) is 54.4 Å². The maximum absolute atomic E-state index is 12.1. The van der Waals surface area contributed by atoms with Crippen LogP contribution in [0.5, 0.6) is 0 Å². The minimum atomic E-state index is -0.148. The molecule has 0 atom stereocenters. The van der Waals surface area contributed by atoms with Gasteiger partial charge in [0.05, 0.1) is 17.5 Å². The zero-order valence-electron chi connectivity index (χ0n) is 14.5. The van der Waals surface area contributed by atoms with Gasteiger partial charge < -0.3 is 0 Å². The van der Waals surface area contributed by atoms with Crippen LogP contribution in [0.1, 0.15) is 5.56 Å². The van der Waals surface area contributed by atoms with E-state index < -0.39 is 0 Å². The highest BCUT2D eigenvalue weighted by Gasteiger charge is 2.06. The summed E-state index contributed by atoms with van der Waals surface area (Å²) >= 11 is 1.46. The second-order valence-electron chi connectivity index (χ2n) is 6.02. The van der Waals surface area contributed by atoms with Crippen molar-refractivity contribution in [3.63, 3.8) is 0 Å². The zero-order valence-corrected chi connectivity index (χ0v) is 15.3. The number of nitrogens with zero attached hydrogens (tertiary/aromatic N) is 2. The predicted octanol–water partition coefficient (Wildman–Crippen LogP) is 4.63. The van der Waals surface area contributed by atoms with Crippen LogP contribution in [0.2, 0.25) is 0 Å². The molecule has 0 spiro atoms. The Morgan fingerprint density at radius 1 is 0.963 bits per heavy atom. The van der Waals surface area contributed by atoms with Gasteiger partial charge in [-0.25, -0.2) is 5.43 Å². The number of benzene rings is 3. The summed E-state index contributed by atoms with van der Waals surface area (Å²) in [5.74, 6) is 0.134. The van der Waals surface area contributed by atoms with Crippen LogP contribution in [-0.2, 0) is 4.79 Å². The van der Waals surface area contributed by atoms with Crippen molar-refractivity contribution in [3.05, 3.63) is 84.6 Å². The summed E-state index contributed by atoms with van der Waals surface area (Å²) in [7, 11) is 0. The first kappa shape index (κ1) is 17.2. The summed E-state index contributed by atoms with van der Waals surface area (Å²) in [6, 6.07) is 24.1. The third kappa shape index (κ3) is 4.15. The van der Waals surface area contributed by atoms with Crippen molar-refractivity contribution in [2.24, 2.45) is 5.10 Å². The standard InChI is InChI=1S/C22H17N3OS/c26-21(15-27-20-9-3-7-18-8-4-12-23-22(18)20)25-24-14-16-10-11-17-5-1-2-6-19(17)13-16/h1-14H,15H2,(H,25,26)/b24-14-. The fourth-order valence-electron chi connectivity index (χ4n) is 2.84. The van der Waals surface area contributed by atoms with Crippen molar-refractivity contribution in [2.75, 3.05) is 5.75 Å². The third-order valence-electron chi connectivity index (χ3n) is 4.13. The maximum atomic E-state index is 12.1. The number of hydrogen-bond acceptors (Lipinski definition) is 4. The fourth-order valence-corrected chi connectivity index (χ4v) is 3.67. The van der Waals surface area contributed by atoms with Crippen LogP contribution in [0.25, 0.3) is 21.7 Å². The van der Waals surface area contributed by atoms with Crippen LogP contribution < -0.4 is 5.43 Å². The number of nitrogens with one attached hydrogen (secondary N) is 1. The molecule has 0 aliphatic heterocycles. The van der Waals surface area contributed by atoms with Gasteiger partial charge in [-0.2, -0.15) is 5.10 Å². The van der Waals surface area contributed by atoms with E-state index >= 15 is 0 Å². The molecule has 0 aliphatic carbocycles. The second-order valence-corrected chi connectivity index (χ2v) is 7.04. The van der Waals surface area contributed by atoms with E-state index in [1.807, 2.05) is 60.7 Å². The molecule has 0 aliphatic rings. The molecule has 0 saturated heterocycles. The van der Waals surface area contributed by atoms with Crippen LogP contribution >= 0.6 is 11.8 Å². The molecule has 4 rings (SSSR count). The molecule has 4 nitrogen and oxygen atoms in total. The average Bonchev–Trinajstić information content (AvgIpc) is 2.72. The Hall–Kier alpha value is -3.18. The fraction of sp³-hybridized carbons (Fsp3) is 0.0455. The molecule has 0 radical (unpaired) electrons. The van der Waals surface area contributed by atoms with Gasteiger partial charge in [-0.15, -0.1) is 11.8 Å². The van der Waals surface area contributed by atoms with E-state index in [0.29, 0.717) is 0 Å². The van der Waals surface area contributed by atoms with E-state index in [-0.39, 0.29) is 11.7 Å². The minimum Gasteiger partial charge on any atom is -0.272 e. The maximum Gasteiger partial charge on any atom is 0.250 e. The number of rotatable bonds is 5. The van der Waals surface area contributed by atoms with Crippen LogP contribution in [0.15, 0.2) is 89.0 Å². The highest BCUT2D eigenvalue weighted by Crippen LogP contribution is 2.25. The quantitative estimate of drug-likeness (QED) is 0.316. The molecule has 1 heterocycles. The van der Waals surface area contributed by atoms with Crippen molar-refractivity contribution in [1.82, 2.24) is 10.4 Å². The van der Waals surface area contributed by atoms with Gasteiger partial charge in [0.25, 0.3) is 0 Å². The smallest absolute Gasteiger partial charge is 0.250 e. The molecule has 27 heavy (non-hydrogen) atoms. The molecule has 5 heteroatoms. The Bertz CT molecular complexity index is 1140. The summed E-state index contributed by atoms with van der Waals surface area (Å²) in [4.78, 5) is 17.5. The molecule has 0 saturated carbocycles. The van der Waals surface area contributed by atoms with Crippen molar-refractivity contribution >= 4 is 45.6 Å². The van der Waals surface area contributed by atoms with Crippen LogP contribution in [0.3, 0.4) is 0 Å². The Balaban J connectivity index is 1.37. The minimum absolute atomic E-state index is 0.148.